The number of benzene rings is 1. The molecule has 0 aliphatic carbocycles. The minimum absolute atomic E-state index is 0.0659. The molecule has 0 amide bonds. The smallest absolute Gasteiger partial charge is 0.314 e. The monoisotopic (exact) mass is 283 g/mol. The summed E-state index contributed by atoms with van der Waals surface area (Å²) in [6.07, 6.45) is 1.74. The van der Waals surface area contributed by atoms with Crippen LogP contribution in [0.4, 0.5) is 17.1 Å². The molecule has 1 aromatic rings. The van der Waals surface area contributed by atoms with E-state index in [1.165, 1.54) is 6.07 Å². The van der Waals surface area contributed by atoms with Crippen molar-refractivity contribution in [1.82, 2.24) is 0 Å². The molecule has 0 aromatic heterocycles. The van der Waals surface area contributed by atoms with E-state index in [9.17, 15) is 10.1 Å². The number of hydrogen-bond donors (Lipinski definition) is 2. The topological polar surface area (TPSA) is 99.7 Å². The molecule has 0 heterocycles. The number of nitrogens with zero attached hydrogens (tertiary/aromatic N) is 1. The Kier molecular flexibility index (Phi) is 7.38. The maximum Gasteiger partial charge on any atom is 0.314 e. The molecule has 20 heavy (non-hydrogen) atoms. The van der Waals surface area contributed by atoms with Crippen LogP contribution in [0.15, 0.2) is 18.2 Å². The third-order valence-electron chi connectivity index (χ3n) is 2.71. The molecule has 0 aliphatic heterocycles. The zero-order chi connectivity index (χ0) is 14.8. The lowest BCUT2D eigenvalue weighted by molar-refractivity contribution is -0.383. The van der Waals surface area contributed by atoms with Crippen LogP contribution in [0.2, 0.25) is 0 Å². The van der Waals surface area contributed by atoms with E-state index in [4.69, 9.17) is 15.2 Å². The normalized spacial score (nSPS) is 10.4. The van der Waals surface area contributed by atoms with E-state index in [0.717, 1.165) is 12.8 Å². The lowest BCUT2D eigenvalue weighted by atomic mass is 10.2. The molecule has 1 rings (SSSR count). The second kappa shape index (κ2) is 9.11. The highest BCUT2D eigenvalue weighted by Gasteiger charge is 2.16. The minimum Gasteiger partial charge on any atom is -0.393 e. The second-order valence-electron chi connectivity index (χ2n) is 4.24. The lowest BCUT2D eigenvalue weighted by Gasteiger charge is -2.08. The van der Waals surface area contributed by atoms with Crippen molar-refractivity contribution >= 4 is 17.1 Å². The molecular weight excluding hydrogens is 262 g/mol. The summed E-state index contributed by atoms with van der Waals surface area (Å²) in [5.41, 5.74) is 6.16. The van der Waals surface area contributed by atoms with E-state index in [1.54, 1.807) is 19.2 Å². The molecule has 0 bridgehead atoms. The van der Waals surface area contributed by atoms with Gasteiger partial charge in [-0.05, 0) is 25.0 Å². The third-order valence-corrected chi connectivity index (χ3v) is 2.71. The molecule has 0 atom stereocenters. The van der Waals surface area contributed by atoms with Crippen molar-refractivity contribution in [3.63, 3.8) is 0 Å². The summed E-state index contributed by atoms with van der Waals surface area (Å²) in [7, 11) is 1.63. The maximum absolute atomic E-state index is 10.9. The van der Waals surface area contributed by atoms with E-state index >= 15 is 0 Å². The summed E-state index contributed by atoms with van der Waals surface area (Å²) in [5, 5.41) is 14.0. The number of nitrogens with one attached hydrogen (secondary N) is 1. The van der Waals surface area contributed by atoms with Crippen molar-refractivity contribution in [1.29, 1.82) is 0 Å². The van der Waals surface area contributed by atoms with Crippen LogP contribution >= 0.6 is 0 Å². The van der Waals surface area contributed by atoms with Gasteiger partial charge < -0.3 is 20.5 Å². The van der Waals surface area contributed by atoms with Crippen molar-refractivity contribution in [2.24, 2.45) is 0 Å². The standard InChI is InChI=1S/C13H21N3O4/c1-19-9-10-20-8-3-2-7-15-12-6-4-5-11(14)13(12)16(17)18/h4-6,15H,2-3,7-10,14H2,1H3. The summed E-state index contributed by atoms with van der Waals surface area (Å²) in [6.45, 7) is 2.47. The molecule has 1 aromatic carbocycles. The number of rotatable bonds is 10. The molecule has 112 valence electrons. The van der Waals surface area contributed by atoms with Gasteiger partial charge in [-0.15, -0.1) is 0 Å². The van der Waals surface area contributed by atoms with Crippen LogP contribution in [-0.4, -0.2) is 38.4 Å². The van der Waals surface area contributed by atoms with Crippen LogP contribution in [0, 0.1) is 10.1 Å². The fraction of sp³-hybridized carbons (Fsp3) is 0.538. The molecule has 0 radical (unpaired) electrons. The molecule has 7 nitrogen and oxygen atoms in total. The van der Waals surface area contributed by atoms with E-state index in [2.05, 4.69) is 5.32 Å². The van der Waals surface area contributed by atoms with Crippen LogP contribution in [-0.2, 0) is 9.47 Å². The number of methoxy groups -OCH3 is 1. The Morgan fingerprint density at radius 1 is 1.30 bits per heavy atom. The number of anilines is 2. The van der Waals surface area contributed by atoms with E-state index in [-0.39, 0.29) is 11.4 Å². The van der Waals surface area contributed by atoms with Gasteiger partial charge in [-0.1, -0.05) is 6.07 Å². The predicted octanol–water partition coefficient (Wildman–Crippen LogP) is 2.03. The van der Waals surface area contributed by atoms with Crippen LogP contribution in [0.5, 0.6) is 0 Å². The molecule has 0 fully saturated rings. The first kappa shape index (κ1) is 16.2. The summed E-state index contributed by atoms with van der Waals surface area (Å²) < 4.78 is 10.2. The van der Waals surface area contributed by atoms with E-state index in [0.29, 0.717) is 32.1 Å². The highest BCUT2D eigenvalue weighted by Crippen LogP contribution is 2.30. The average molecular weight is 283 g/mol. The number of ether oxygens (including phenoxy) is 2. The minimum atomic E-state index is -0.467. The van der Waals surface area contributed by atoms with Crippen molar-refractivity contribution in [3.05, 3.63) is 28.3 Å². The van der Waals surface area contributed by atoms with Crippen LogP contribution in [0.1, 0.15) is 12.8 Å². The van der Waals surface area contributed by atoms with Gasteiger partial charge >= 0.3 is 5.69 Å². The fourth-order valence-corrected chi connectivity index (χ4v) is 1.70. The van der Waals surface area contributed by atoms with Gasteiger partial charge in [-0.2, -0.15) is 0 Å². The van der Waals surface area contributed by atoms with Gasteiger partial charge in [-0.25, -0.2) is 0 Å². The van der Waals surface area contributed by atoms with Crippen molar-refractivity contribution in [3.8, 4) is 0 Å². The summed E-state index contributed by atoms with van der Waals surface area (Å²) in [4.78, 5) is 10.5. The van der Waals surface area contributed by atoms with E-state index < -0.39 is 4.92 Å². The largest absolute Gasteiger partial charge is 0.393 e. The van der Waals surface area contributed by atoms with Gasteiger partial charge in [0.2, 0.25) is 0 Å². The first-order valence-electron chi connectivity index (χ1n) is 6.50. The highest BCUT2D eigenvalue weighted by atomic mass is 16.6. The van der Waals surface area contributed by atoms with Crippen molar-refractivity contribution in [2.75, 3.05) is 44.5 Å². The van der Waals surface area contributed by atoms with Crippen LogP contribution in [0.3, 0.4) is 0 Å². The molecular formula is C13H21N3O4. The molecule has 0 aliphatic rings. The maximum atomic E-state index is 10.9. The zero-order valence-electron chi connectivity index (χ0n) is 11.6. The molecule has 0 spiro atoms. The molecule has 3 N–H and O–H groups in total. The SMILES string of the molecule is COCCOCCCCNc1cccc(N)c1[N+](=O)[O-]. The van der Waals surface area contributed by atoms with Gasteiger partial charge in [-0.3, -0.25) is 10.1 Å². The van der Waals surface area contributed by atoms with E-state index in [1.807, 2.05) is 0 Å². The third kappa shape index (κ3) is 5.41. The number of nitro benzene ring substituents is 1. The van der Waals surface area contributed by atoms with Crippen molar-refractivity contribution < 1.29 is 14.4 Å². The quantitative estimate of drug-likeness (QED) is 0.295. The number of nitrogens with two attached hydrogens (primary N) is 1. The molecule has 0 saturated carbocycles. The van der Waals surface area contributed by atoms with Gasteiger partial charge in [0.15, 0.2) is 0 Å². The highest BCUT2D eigenvalue weighted by molar-refractivity contribution is 5.74. The summed E-state index contributed by atoms with van der Waals surface area (Å²) in [5.74, 6) is 0. The number of unbranched alkanes of at least 4 members (excludes halogenated alkanes) is 1. The van der Waals surface area contributed by atoms with Gasteiger partial charge in [0.1, 0.15) is 11.4 Å². The first-order chi connectivity index (χ1) is 9.66. The Morgan fingerprint density at radius 2 is 2.10 bits per heavy atom. The van der Waals surface area contributed by atoms with Gasteiger partial charge in [0, 0.05) is 20.3 Å². The number of nitro groups is 1. The number of nitrogen functional groups attached to an aromatic ring is 1. The average Bonchev–Trinajstić information content (AvgIpc) is 2.41. The Bertz CT molecular complexity index is 426. The summed E-state index contributed by atoms with van der Waals surface area (Å²) >= 11 is 0. The van der Waals surface area contributed by atoms with Gasteiger partial charge in [0.25, 0.3) is 0 Å². The van der Waals surface area contributed by atoms with Crippen molar-refractivity contribution in [2.45, 2.75) is 12.8 Å². The zero-order valence-corrected chi connectivity index (χ0v) is 11.6. The Hall–Kier alpha value is -1.86. The second-order valence-corrected chi connectivity index (χ2v) is 4.24. The Morgan fingerprint density at radius 3 is 2.80 bits per heavy atom. The number of hydrogen-bond acceptors (Lipinski definition) is 6. The first-order valence-corrected chi connectivity index (χ1v) is 6.50. The summed E-state index contributed by atoms with van der Waals surface area (Å²) in [6, 6.07) is 4.87. The molecule has 0 saturated heterocycles. The Labute approximate surface area is 118 Å². The predicted molar refractivity (Wildman–Crippen MR) is 77.9 cm³/mol. The number of para-hydroxylation sites is 1. The molecule has 0 unspecified atom stereocenters. The molecule has 7 heteroatoms. The van der Waals surface area contributed by atoms with Crippen LogP contribution < -0.4 is 11.1 Å². The Balaban J connectivity index is 2.29. The van der Waals surface area contributed by atoms with Gasteiger partial charge in [0.05, 0.1) is 18.1 Å². The fourth-order valence-electron chi connectivity index (χ4n) is 1.70. The van der Waals surface area contributed by atoms with Crippen LogP contribution in [0.25, 0.3) is 0 Å². The lowest BCUT2D eigenvalue weighted by Crippen LogP contribution is -2.08.